The number of nitrogens with zero attached hydrogens (tertiary/aromatic N) is 1. The van der Waals surface area contributed by atoms with Crippen molar-refractivity contribution in [1.29, 1.82) is 0 Å². The van der Waals surface area contributed by atoms with Crippen molar-refractivity contribution in [2.45, 2.75) is 26.8 Å². The minimum absolute atomic E-state index is 0.0467. The topological polar surface area (TPSA) is 81.5 Å². The number of aryl methyl sites for hydroxylation is 1. The van der Waals surface area contributed by atoms with Crippen molar-refractivity contribution in [3.63, 3.8) is 0 Å². The zero-order chi connectivity index (χ0) is 14.6. The number of hydrogen-bond acceptors (Lipinski definition) is 5. The predicted octanol–water partition coefficient (Wildman–Crippen LogP) is 2.51. The summed E-state index contributed by atoms with van der Waals surface area (Å²) in [5.41, 5.74) is 1.06. The van der Waals surface area contributed by atoms with Crippen LogP contribution >= 0.6 is 0 Å². The number of anilines is 1. The third-order valence-corrected chi connectivity index (χ3v) is 2.78. The molecular weight excluding hydrogens is 248 g/mol. The lowest BCUT2D eigenvalue weighted by Gasteiger charge is -2.20. The minimum atomic E-state index is -0.619. The van der Waals surface area contributed by atoms with Gasteiger partial charge in [0.15, 0.2) is 0 Å². The van der Waals surface area contributed by atoms with Crippen molar-refractivity contribution in [2.75, 3.05) is 12.4 Å². The number of carbonyl (C=O) groups is 1. The van der Waals surface area contributed by atoms with Crippen molar-refractivity contribution in [3.05, 3.63) is 33.9 Å². The Hall–Kier alpha value is -2.11. The summed E-state index contributed by atoms with van der Waals surface area (Å²) in [5, 5.41) is 13.9. The normalized spacial score (nSPS) is 12.1. The molecule has 0 saturated heterocycles. The van der Waals surface area contributed by atoms with Crippen LogP contribution in [0.5, 0.6) is 0 Å². The summed E-state index contributed by atoms with van der Waals surface area (Å²) in [7, 11) is 1.29. The highest BCUT2D eigenvalue weighted by Gasteiger charge is 2.25. The van der Waals surface area contributed by atoms with E-state index >= 15 is 0 Å². The number of carbonyl (C=O) groups excluding carboxylic acids is 1. The van der Waals surface area contributed by atoms with E-state index in [0.29, 0.717) is 5.69 Å². The predicted molar refractivity (Wildman–Crippen MR) is 72.1 cm³/mol. The van der Waals surface area contributed by atoms with Gasteiger partial charge < -0.3 is 10.1 Å². The molecule has 0 aliphatic heterocycles. The Bertz CT molecular complexity index is 486. The molecule has 0 fully saturated rings. The van der Waals surface area contributed by atoms with Crippen molar-refractivity contribution < 1.29 is 14.5 Å². The summed E-state index contributed by atoms with van der Waals surface area (Å²) in [6.45, 7) is 5.46. The van der Waals surface area contributed by atoms with Crippen LogP contribution < -0.4 is 5.32 Å². The van der Waals surface area contributed by atoms with E-state index in [2.05, 4.69) is 5.32 Å². The third kappa shape index (κ3) is 3.67. The van der Waals surface area contributed by atoms with E-state index < -0.39 is 16.9 Å². The lowest BCUT2D eigenvalue weighted by atomic mass is 10.0. The van der Waals surface area contributed by atoms with Crippen LogP contribution in [0.2, 0.25) is 0 Å². The number of nitro groups is 1. The fraction of sp³-hybridized carbons (Fsp3) is 0.462. The van der Waals surface area contributed by atoms with Gasteiger partial charge in [-0.25, -0.2) is 4.79 Å². The fourth-order valence-corrected chi connectivity index (χ4v) is 1.71. The van der Waals surface area contributed by atoms with Crippen LogP contribution in [0.4, 0.5) is 11.4 Å². The van der Waals surface area contributed by atoms with Gasteiger partial charge in [0.1, 0.15) is 11.7 Å². The number of nitro benzene ring substituents is 1. The molecule has 0 aliphatic carbocycles. The van der Waals surface area contributed by atoms with Gasteiger partial charge >= 0.3 is 5.97 Å². The maximum atomic E-state index is 11.7. The Morgan fingerprint density at radius 1 is 1.42 bits per heavy atom. The summed E-state index contributed by atoms with van der Waals surface area (Å²) in [6.07, 6.45) is 0. The van der Waals surface area contributed by atoms with Crippen LogP contribution in [-0.2, 0) is 9.53 Å². The quantitative estimate of drug-likeness (QED) is 0.503. The number of nitrogens with one attached hydrogen (secondary N) is 1. The molecule has 0 radical (unpaired) electrons. The first-order valence-electron chi connectivity index (χ1n) is 5.96. The van der Waals surface area contributed by atoms with Crippen LogP contribution in [0, 0.1) is 23.0 Å². The van der Waals surface area contributed by atoms with Crippen molar-refractivity contribution in [1.82, 2.24) is 0 Å². The van der Waals surface area contributed by atoms with E-state index in [0.717, 1.165) is 5.56 Å². The van der Waals surface area contributed by atoms with Crippen LogP contribution in [0.15, 0.2) is 18.2 Å². The molecule has 0 aliphatic rings. The molecule has 0 aromatic heterocycles. The molecule has 6 heteroatoms. The van der Waals surface area contributed by atoms with E-state index in [4.69, 9.17) is 4.74 Å². The van der Waals surface area contributed by atoms with E-state index in [-0.39, 0.29) is 11.6 Å². The molecule has 0 saturated carbocycles. The molecule has 1 atom stereocenters. The minimum Gasteiger partial charge on any atom is -0.467 e. The van der Waals surface area contributed by atoms with Crippen molar-refractivity contribution >= 4 is 17.3 Å². The van der Waals surface area contributed by atoms with Crippen molar-refractivity contribution in [2.24, 2.45) is 5.92 Å². The van der Waals surface area contributed by atoms with E-state index in [1.165, 1.54) is 13.2 Å². The zero-order valence-corrected chi connectivity index (χ0v) is 11.5. The lowest BCUT2D eigenvalue weighted by Crippen LogP contribution is -2.35. The average Bonchev–Trinajstić information content (AvgIpc) is 2.35. The largest absolute Gasteiger partial charge is 0.467 e. The summed E-state index contributed by atoms with van der Waals surface area (Å²) < 4.78 is 4.70. The van der Waals surface area contributed by atoms with Gasteiger partial charge in [-0.15, -0.1) is 0 Å². The Morgan fingerprint density at radius 3 is 2.53 bits per heavy atom. The third-order valence-electron chi connectivity index (χ3n) is 2.78. The van der Waals surface area contributed by atoms with Crippen LogP contribution in [-0.4, -0.2) is 24.0 Å². The Balaban J connectivity index is 3.09. The van der Waals surface area contributed by atoms with Gasteiger partial charge in [-0.2, -0.15) is 0 Å². The fourth-order valence-electron chi connectivity index (χ4n) is 1.71. The molecule has 19 heavy (non-hydrogen) atoms. The van der Waals surface area contributed by atoms with Gasteiger partial charge in [-0.05, 0) is 24.5 Å². The second kappa shape index (κ2) is 6.17. The molecule has 1 rings (SSSR count). The van der Waals surface area contributed by atoms with E-state index in [1.807, 2.05) is 13.8 Å². The average molecular weight is 266 g/mol. The first-order valence-corrected chi connectivity index (χ1v) is 5.96. The Kier molecular flexibility index (Phi) is 4.86. The highest BCUT2D eigenvalue weighted by Crippen LogP contribution is 2.27. The second-order valence-corrected chi connectivity index (χ2v) is 4.67. The van der Waals surface area contributed by atoms with Gasteiger partial charge in [0.05, 0.1) is 12.0 Å². The molecular formula is C13H18N2O4. The standard InChI is InChI=1S/C13H18N2O4/c1-8(2)12(13(16)19-4)14-10-6-5-9(3)7-11(10)15(17)18/h5-8,12,14H,1-4H3. The van der Waals surface area contributed by atoms with Gasteiger partial charge in [-0.3, -0.25) is 10.1 Å². The second-order valence-electron chi connectivity index (χ2n) is 4.67. The number of benzene rings is 1. The van der Waals surface area contributed by atoms with Crippen LogP contribution in [0.3, 0.4) is 0 Å². The monoisotopic (exact) mass is 266 g/mol. The van der Waals surface area contributed by atoms with E-state index in [1.54, 1.807) is 19.1 Å². The number of rotatable bonds is 5. The highest BCUT2D eigenvalue weighted by atomic mass is 16.6. The number of methoxy groups -OCH3 is 1. The zero-order valence-electron chi connectivity index (χ0n) is 11.5. The smallest absolute Gasteiger partial charge is 0.328 e. The van der Waals surface area contributed by atoms with Gasteiger partial charge in [0.25, 0.3) is 5.69 Å². The number of ether oxygens (including phenoxy) is 1. The molecule has 104 valence electrons. The molecule has 0 heterocycles. The molecule has 1 aromatic rings. The van der Waals surface area contributed by atoms with Crippen LogP contribution in [0.25, 0.3) is 0 Å². The summed E-state index contributed by atoms with van der Waals surface area (Å²) >= 11 is 0. The molecule has 0 bridgehead atoms. The van der Waals surface area contributed by atoms with Crippen molar-refractivity contribution in [3.8, 4) is 0 Å². The molecule has 1 N–H and O–H groups in total. The summed E-state index contributed by atoms with van der Waals surface area (Å²) in [5.74, 6) is -0.488. The number of esters is 1. The maximum absolute atomic E-state index is 11.7. The van der Waals surface area contributed by atoms with Gasteiger partial charge in [0, 0.05) is 6.07 Å². The number of hydrogen-bond donors (Lipinski definition) is 1. The first kappa shape index (κ1) is 14.9. The lowest BCUT2D eigenvalue weighted by molar-refractivity contribution is -0.384. The van der Waals surface area contributed by atoms with Gasteiger partial charge in [0.2, 0.25) is 0 Å². The Morgan fingerprint density at radius 2 is 2.05 bits per heavy atom. The highest BCUT2D eigenvalue weighted by molar-refractivity contribution is 5.81. The van der Waals surface area contributed by atoms with E-state index in [9.17, 15) is 14.9 Å². The first-order chi connectivity index (χ1) is 8.86. The molecule has 1 aromatic carbocycles. The molecule has 0 spiro atoms. The summed E-state index contributed by atoms with van der Waals surface area (Å²) in [6, 6.07) is 4.21. The van der Waals surface area contributed by atoms with Gasteiger partial charge in [-0.1, -0.05) is 19.9 Å². The molecule has 1 unspecified atom stereocenters. The Labute approximate surface area is 111 Å². The molecule has 6 nitrogen and oxygen atoms in total. The van der Waals surface area contributed by atoms with Crippen LogP contribution in [0.1, 0.15) is 19.4 Å². The molecule has 0 amide bonds. The maximum Gasteiger partial charge on any atom is 0.328 e. The summed E-state index contributed by atoms with van der Waals surface area (Å²) in [4.78, 5) is 22.2. The SMILES string of the molecule is COC(=O)C(Nc1ccc(C)cc1[N+](=O)[O-])C(C)C.